The predicted molar refractivity (Wildman–Crippen MR) is 71.1 cm³/mol. The smallest absolute Gasteiger partial charge is 0.159 e. The molecule has 0 saturated heterocycles. The van der Waals surface area contributed by atoms with E-state index >= 15 is 0 Å². The summed E-state index contributed by atoms with van der Waals surface area (Å²) in [4.78, 5) is 0. The van der Waals surface area contributed by atoms with Gasteiger partial charge in [-0.15, -0.1) is 0 Å². The number of hydrogen-bond donors (Lipinski definition) is 0. The third-order valence-corrected chi connectivity index (χ3v) is 2.97. The first kappa shape index (κ1) is 13.3. The largest absolute Gasteiger partial charge is 0.204 e. The van der Waals surface area contributed by atoms with Crippen LogP contribution in [0.4, 0.5) is 8.78 Å². The summed E-state index contributed by atoms with van der Waals surface area (Å²) in [5.41, 5.74) is 1.11. The van der Waals surface area contributed by atoms with E-state index < -0.39 is 11.6 Å². The molecule has 0 bridgehead atoms. The van der Waals surface area contributed by atoms with Crippen LogP contribution in [0.3, 0.4) is 0 Å². The summed E-state index contributed by atoms with van der Waals surface area (Å²) in [6.45, 7) is 0. The molecule has 0 fully saturated rings. The van der Waals surface area contributed by atoms with Crippen LogP contribution in [0.5, 0.6) is 0 Å². The third-order valence-electron chi connectivity index (χ3n) is 2.57. The van der Waals surface area contributed by atoms with Crippen LogP contribution in [0, 0.1) is 23.0 Å². The lowest BCUT2D eigenvalue weighted by Crippen LogP contribution is -1.89. The Labute approximate surface area is 114 Å². The van der Waals surface area contributed by atoms with Gasteiger partial charge in [-0.2, -0.15) is 5.26 Å². The lowest BCUT2D eigenvalue weighted by molar-refractivity contribution is 0.508. The number of allylic oxidation sites excluding steroid dienone is 1. The van der Waals surface area contributed by atoms with Crippen LogP contribution in [0.1, 0.15) is 11.1 Å². The van der Waals surface area contributed by atoms with Gasteiger partial charge in [-0.1, -0.05) is 48.0 Å². The molecule has 0 aliphatic rings. The first-order valence-corrected chi connectivity index (χ1v) is 5.82. The van der Waals surface area contributed by atoms with Crippen molar-refractivity contribution in [3.8, 4) is 6.07 Å². The van der Waals surface area contributed by atoms with Crippen molar-refractivity contribution in [1.82, 2.24) is 0 Å². The zero-order valence-corrected chi connectivity index (χ0v) is 10.5. The zero-order valence-electron chi connectivity index (χ0n) is 9.70. The van der Waals surface area contributed by atoms with Crippen molar-refractivity contribution in [3.05, 3.63) is 71.3 Å². The van der Waals surface area contributed by atoms with Crippen LogP contribution in [0.2, 0.25) is 0 Å². The molecule has 2 aromatic carbocycles. The Kier molecular flexibility index (Phi) is 3.94. The van der Waals surface area contributed by atoms with E-state index in [1.54, 1.807) is 24.3 Å². The second kappa shape index (κ2) is 5.64. The van der Waals surface area contributed by atoms with E-state index in [0.29, 0.717) is 5.56 Å². The molecule has 94 valence electrons. The molecule has 4 heteroatoms. The molecule has 0 aliphatic heterocycles. The van der Waals surface area contributed by atoms with E-state index in [2.05, 4.69) is 0 Å². The molecule has 1 nitrogen and oxygen atoms in total. The molecule has 0 heterocycles. The molecular weight excluding hydrogens is 268 g/mol. The molecule has 0 aromatic heterocycles. The average Bonchev–Trinajstić information content (AvgIpc) is 2.44. The van der Waals surface area contributed by atoms with Gasteiger partial charge in [0.15, 0.2) is 11.6 Å². The Morgan fingerprint density at radius 2 is 1.63 bits per heavy atom. The second-order valence-electron chi connectivity index (χ2n) is 3.80. The normalized spacial score (nSPS) is 11.7. The van der Waals surface area contributed by atoms with Gasteiger partial charge in [0, 0.05) is 0 Å². The van der Waals surface area contributed by atoms with Crippen molar-refractivity contribution in [2.45, 2.75) is 0 Å². The SMILES string of the molecule is N#CC(=C(Cl)c1ccc(F)c(F)c1)c1ccccc1. The van der Waals surface area contributed by atoms with Gasteiger partial charge < -0.3 is 0 Å². The number of nitrogens with zero attached hydrogens (tertiary/aromatic N) is 1. The maximum Gasteiger partial charge on any atom is 0.159 e. The van der Waals surface area contributed by atoms with Crippen molar-refractivity contribution >= 4 is 22.2 Å². The van der Waals surface area contributed by atoms with Crippen LogP contribution < -0.4 is 0 Å². The van der Waals surface area contributed by atoms with Crippen molar-refractivity contribution in [2.75, 3.05) is 0 Å². The standard InChI is InChI=1S/C15H8ClF2N/c16-15(11-6-7-13(17)14(18)8-11)12(9-19)10-4-2-1-3-5-10/h1-8H. The quantitative estimate of drug-likeness (QED) is 0.581. The number of halogens is 3. The summed E-state index contributed by atoms with van der Waals surface area (Å²) in [5, 5.41) is 9.27. The third kappa shape index (κ3) is 2.81. The van der Waals surface area contributed by atoms with Crippen molar-refractivity contribution in [1.29, 1.82) is 5.26 Å². The molecule has 0 aliphatic carbocycles. The molecular formula is C15H8ClF2N. The highest BCUT2D eigenvalue weighted by atomic mass is 35.5. The van der Waals surface area contributed by atoms with E-state index in [9.17, 15) is 14.0 Å². The Morgan fingerprint density at radius 1 is 0.947 bits per heavy atom. The lowest BCUT2D eigenvalue weighted by Gasteiger charge is -2.05. The molecule has 0 unspecified atom stereocenters. The Balaban J connectivity index is 2.56. The predicted octanol–water partition coefficient (Wildman–Crippen LogP) is 4.60. The summed E-state index contributed by atoms with van der Waals surface area (Å²) in [6, 6.07) is 14.1. The minimum absolute atomic E-state index is 0.0904. The van der Waals surface area contributed by atoms with Gasteiger partial charge in [-0.3, -0.25) is 0 Å². The highest BCUT2D eigenvalue weighted by Gasteiger charge is 2.11. The fourth-order valence-electron chi connectivity index (χ4n) is 1.62. The van der Waals surface area contributed by atoms with Crippen molar-refractivity contribution in [3.63, 3.8) is 0 Å². The molecule has 0 spiro atoms. The maximum absolute atomic E-state index is 13.2. The first-order valence-electron chi connectivity index (χ1n) is 5.44. The average molecular weight is 276 g/mol. The minimum Gasteiger partial charge on any atom is -0.204 e. The highest BCUT2D eigenvalue weighted by Crippen LogP contribution is 2.29. The molecule has 19 heavy (non-hydrogen) atoms. The Hall–Kier alpha value is -2.18. The van der Waals surface area contributed by atoms with E-state index in [1.165, 1.54) is 6.07 Å². The summed E-state index contributed by atoms with van der Waals surface area (Å²) < 4.78 is 26.0. The number of rotatable bonds is 2. The van der Waals surface area contributed by atoms with E-state index in [-0.39, 0.29) is 16.2 Å². The summed E-state index contributed by atoms with van der Waals surface area (Å²) in [7, 11) is 0. The molecule has 2 aromatic rings. The summed E-state index contributed by atoms with van der Waals surface area (Å²) in [6.07, 6.45) is 0. The van der Waals surface area contributed by atoms with Crippen molar-refractivity contribution < 1.29 is 8.78 Å². The van der Waals surface area contributed by atoms with Gasteiger partial charge in [0.2, 0.25) is 0 Å². The van der Waals surface area contributed by atoms with Crippen LogP contribution >= 0.6 is 11.6 Å². The maximum atomic E-state index is 13.2. The Morgan fingerprint density at radius 3 is 2.21 bits per heavy atom. The van der Waals surface area contributed by atoms with E-state index in [0.717, 1.165) is 12.1 Å². The molecule has 2 rings (SSSR count). The van der Waals surface area contributed by atoms with E-state index in [4.69, 9.17) is 11.6 Å². The lowest BCUT2D eigenvalue weighted by atomic mass is 10.0. The van der Waals surface area contributed by atoms with Gasteiger partial charge in [-0.25, -0.2) is 8.78 Å². The fraction of sp³-hybridized carbons (Fsp3) is 0. The van der Waals surface area contributed by atoms with Crippen LogP contribution in [0.15, 0.2) is 48.5 Å². The molecule has 0 atom stereocenters. The van der Waals surface area contributed by atoms with Gasteiger partial charge in [0.25, 0.3) is 0 Å². The van der Waals surface area contributed by atoms with Gasteiger partial charge >= 0.3 is 0 Å². The van der Waals surface area contributed by atoms with Crippen LogP contribution in [0.25, 0.3) is 10.6 Å². The van der Waals surface area contributed by atoms with E-state index in [1.807, 2.05) is 12.1 Å². The Bertz CT molecular complexity index is 672. The molecule has 0 radical (unpaired) electrons. The minimum atomic E-state index is -0.999. The number of nitriles is 1. The number of benzene rings is 2. The molecule has 0 saturated carbocycles. The topological polar surface area (TPSA) is 23.8 Å². The second-order valence-corrected chi connectivity index (χ2v) is 4.17. The molecule has 0 amide bonds. The van der Waals surface area contributed by atoms with Crippen LogP contribution in [-0.4, -0.2) is 0 Å². The van der Waals surface area contributed by atoms with Crippen LogP contribution in [-0.2, 0) is 0 Å². The van der Waals surface area contributed by atoms with Gasteiger partial charge in [0.05, 0.1) is 10.6 Å². The first-order chi connectivity index (χ1) is 9.13. The number of hydrogen-bond acceptors (Lipinski definition) is 1. The highest BCUT2D eigenvalue weighted by molar-refractivity contribution is 6.53. The fourth-order valence-corrected chi connectivity index (χ4v) is 1.89. The molecule has 0 N–H and O–H groups in total. The van der Waals surface area contributed by atoms with Crippen molar-refractivity contribution in [2.24, 2.45) is 0 Å². The monoisotopic (exact) mass is 275 g/mol. The summed E-state index contributed by atoms with van der Waals surface area (Å²) in [5.74, 6) is -1.95. The van der Waals surface area contributed by atoms with Gasteiger partial charge in [0.1, 0.15) is 6.07 Å². The zero-order chi connectivity index (χ0) is 13.8. The van der Waals surface area contributed by atoms with Gasteiger partial charge in [-0.05, 0) is 23.3 Å². The summed E-state index contributed by atoms with van der Waals surface area (Å²) >= 11 is 6.10.